The number of nitrogens with one attached hydrogen (secondary N) is 2. The van der Waals surface area contributed by atoms with Crippen molar-refractivity contribution in [1.82, 2.24) is 15.5 Å². The Hall–Kier alpha value is -2.29. The molecule has 1 aromatic carbocycles. The van der Waals surface area contributed by atoms with Gasteiger partial charge in [0.25, 0.3) is 0 Å². The Morgan fingerprint density at radius 2 is 1.90 bits per heavy atom. The second kappa shape index (κ2) is 13.0. The zero-order valence-corrected chi connectivity index (χ0v) is 17.3. The Labute approximate surface area is 170 Å². The summed E-state index contributed by atoms with van der Waals surface area (Å²) in [5, 5.41) is 6.00. The molecular formula is C20H31F3N4O2. The molecule has 1 aromatic rings. The van der Waals surface area contributed by atoms with E-state index in [4.69, 9.17) is 4.74 Å². The molecule has 1 rings (SSSR count). The molecule has 0 aliphatic heterocycles. The van der Waals surface area contributed by atoms with Gasteiger partial charge in [0.1, 0.15) is 0 Å². The fraction of sp³-hybridized carbons (Fsp3) is 0.600. The van der Waals surface area contributed by atoms with Gasteiger partial charge < -0.3 is 20.3 Å². The van der Waals surface area contributed by atoms with Crippen LogP contribution in [0.2, 0.25) is 0 Å². The van der Waals surface area contributed by atoms with Gasteiger partial charge in [0.05, 0.1) is 18.7 Å². The highest BCUT2D eigenvalue weighted by Crippen LogP contribution is 2.29. The maximum absolute atomic E-state index is 12.9. The van der Waals surface area contributed by atoms with Crippen LogP contribution in [0.25, 0.3) is 0 Å². The lowest BCUT2D eigenvalue weighted by Crippen LogP contribution is -2.43. The van der Waals surface area contributed by atoms with E-state index in [9.17, 15) is 18.0 Å². The van der Waals surface area contributed by atoms with Crippen LogP contribution in [0.3, 0.4) is 0 Å². The second-order valence-corrected chi connectivity index (χ2v) is 6.75. The van der Waals surface area contributed by atoms with Crippen LogP contribution in [0, 0.1) is 0 Å². The van der Waals surface area contributed by atoms with Crippen molar-refractivity contribution in [3.8, 4) is 0 Å². The average Bonchev–Trinajstić information content (AvgIpc) is 2.67. The number of halogens is 3. The molecule has 0 saturated heterocycles. The van der Waals surface area contributed by atoms with Gasteiger partial charge in [-0.25, -0.2) is 4.99 Å². The van der Waals surface area contributed by atoms with Gasteiger partial charge in [-0.05, 0) is 30.5 Å². The van der Waals surface area contributed by atoms with Crippen LogP contribution >= 0.6 is 0 Å². The Kier molecular flexibility index (Phi) is 11.1. The van der Waals surface area contributed by atoms with E-state index in [0.717, 1.165) is 38.0 Å². The minimum Gasteiger partial charge on any atom is -0.381 e. The van der Waals surface area contributed by atoms with Crippen LogP contribution in [0.1, 0.15) is 37.3 Å². The van der Waals surface area contributed by atoms with Gasteiger partial charge in [-0.15, -0.1) is 0 Å². The number of carbonyl (C=O) groups is 1. The number of ether oxygens (including phenoxy) is 1. The highest BCUT2D eigenvalue weighted by Gasteiger charge is 2.30. The fourth-order valence-electron chi connectivity index (χ4n) is 2.24. The SMILES string of the molecule is CCCCOCCCNC(=NCc1cccc(C(F)(F)F)c1)NCC(=O)N(C)C. The summed E-state index contributed by atoms with van der Waals surface area (Å²) >= 11 is 0. The van der Waals surface area contributed by atoms with Gasteiger partial charge in [0.15, 0.2) is 5.96 Å². The zero-order chi connectivity index (χ0) is 21.7. The number of benzene rings is 1. The Morgan fingerprint density at radius 3 is 2.55 bits per heavy atom. The van der Waals surface area contributed by atoms with Crippen LogP contribution in [-0.2, 0) is 22.3 Å². The number of nitrogens with zero attached hydrogens (tertiary/aromatic N) is 2. The van der Waals surface area contributed by atoms with Crippen molar-refractivity contribution in [2.24, 2.45) is 4.99 Å². The molecule has 0 heterocycles. The van der Waals surface area contributed by atoms with Gasteiger partial charge in [0, 0.05) is 33.9 Å². The first kappa shape index (κ1) is 24.7. The summed E-state index contributed by atoms with van der Waals surface area (Å²) in [6.45, 7) is 4.08. The Morgan fingerprint density at radius 1 is 1.17 bits per heavy atom. The molecule has 0 radical (unpaired) electrons. The summed E-state index contributed by atoms with van der Waals surface area (Å²) in [7, 11) is 3.29. The molecule has 2 N–H and O–H groups in total. The number of guanidine groups is 1. The number of carbonyl (C=O) groups excluding carboxylic acids is 1. The standard InChI is InChI=1S/C20H31F3N4O2/c1-4-5-11-29-12-7-10-24-19(26-15-18(28)27(2)3)25-14-16-8-6-9-17(13-16)20(21,22)23/h6,8-9,13H,4-5,7,10-12,14-15H2,1-3H3,(H2,24,25,26). The molecule has 0 aliphatic rings. The largest absolute Gasteiger partial charge is 0.416 e. The van der Waals surface area contributed by atoms with E-state index in [2.05, 4.69) is 22.5 Å². The van der Waals surface area contributed by atoms with Crippen molar-refractivity contribution in [1.29, 1.82) is 0 Å². The quantitative estimate of drug-likeness (QED) is 0.331. The van der Waals surface area contributed by atoms with E-state index in [-0.39, 0.29) is 19.0 Å². The number of hydrogen-bond acceptors (Lipinski definition) is 3. The smallest absolute Gasteiger partial charge is 0.381 e. The van der Waals surface area contributed by atoms with Crippen molar-refractivity contribution in [3.63, 3.8) is 0 Å². The number of likely N-dealkylation sites (N-methyl/N-ethyl adjacent to an activating group) is 1. The van der Waals surface area contributed by atoms with Crippen LogP contribution in [0.4, 0.5) is 13.2 Å². The van der Waals surface area contributed by atoms with Crippen LogP contribution in [-0.4, -0.2) is 57.2 Å². The number of aliphatic imine (C=N–C) groups is 1. The first-order chi connectivity index (χ1) is 13.7. The molecule has 29 heavy (non-hydrogen) atoms. The summed E-state index contributed by atoms with van der Waals surface area (Å²) in [5.74, 6) is 0.229. The number of alkyl halides is 3. The lowest BCUT2D eigenvalue weighted by molar-refractivity contribution is -0.137. The Balaban J connectivity index is 2.65. The van der Waals surface area contributed by atoms with E-state index >= 15 is 0 Å². The molecule has 0 unspecified atom stereocenters. The second-order valence-electron chi connectivity index (χ2n) is 6.75. The molecule has 0 atom stereocenters. The summed E-state index contributed by atoms with van der Waals surface area (Å²) in [6, 6.07) is 5.05. The van der Waals surface area contributed by atoms with E-state index in [0.29, 0.717) is 24.7 Å². The van der Waals surface area contributed by atoms with Gasteiger partial charge >= 0.3 is 6.18 Å². The third-order valence-electron chi connectivity index (χ3n) is 3.98. The summed E-state index contributed by atoms with van der Waals surface area (Å²) in [5.41, 5.74) is -0.276. The summed E-state index contributed by atoms with van der Waals surface area (Å²) in [4.78, 5) is 17.5. The van der Waals surface area contributed by atoms with E-state index < -0.39 is 11.7 Å². The maximum atomic E-state index is 12.9. The first-order valence-electron chi connectivity index (χ1n) is 9.70. The molecule has 9 heteroatoms. The molecule has 1 amide bonds. The number of unbranched alkanes of at least 4 members (excludes halogenated alkanes) is 1. The van der Waals surface area contributed by atoms with Crippen molar-refractivity contribution >= 4 is 11.9 Å². The van der Waals surface area contributed by atoms with Crippen molar-refractivity contribution in [2.75, 3.05) is 40.4 Å². The van der Waals surface area contributed by atoms with Gasteiger partial charge in [0.2, 0.25) is 5.91 Å². The van der Waals surface area contributed by atoms with Crippen molar-refractivity contribution in [3.05, 3.63) is 35.4 Å². The minimum atomic E-state index is -4.39. The molecule has 0 aromatic heterocycles. The molecule has 6 nitrogen and oxygen atoms in total. The molecule has 0 bridgehead atoms. The van der Waals surface area contributed by atoms with Crippen LogP contribution in [0.15, 0.2) is 29.3 Å². The van der Waals surface area contributed by atoms with Crippen molar-refractivity contribution in [2.45, 2.75) is 38.9 Å². The molecule has 0 fully saturated rings. The van der Waals surface area contributed by atoms with E-state index in [1.165, 1.54) is 11.0 Å². The Bertz CT molecular complexity index is 649. The van der Waals surface area contributed by atoms with E-state index in [1.807, 2.05) is 0 Å². The van der Waals surface area contributed by atoms with Crippen LogP contribution < -0.4 is 10.6 Å². The van der Waals surface area contributed by atoms with Crippen molar-refractivity contribution < 1.29 is 22.7 Å². The highest BCUT2D eigenvalue weighted by molar-refractivity contribution is 5.86. The molecule has 164 valence electrons. The van der Waals surface area contributed by atoms with Crippen LogP contribution in [0.5, 0.6) is 0 Å². The maximum Gasteiger partial charge on any atom is 0.416 e. The van der Waals surface area contributed by atoms with Gasteiger partial charge in [-0.2, -0.15) is 13.2 Å². The minimum absolute atomic E-state index is 0.0361. The number of rotatable bonds is 11. The lowest BCUT2D eigenvalue weighted by atomic mass is 10.1. The average molecular weight is 416 g/mol. The zero-order valence-electron chi connectivity index (χ0n) is 17.3. The summed E-state index contributed by atoms with van der Waals surface area (Å²) in [6.07, 6.45) is -1.55. The topological polar surface area (TPSA) is 66.0 Å². The summed E-state index contributed by atoms with van der Waals surface area (Å²) < 4.78 is 44.1. The predicted molar refractivity (Wildman–Crippen MR) is 108 cm³/mol. The number of hydrogen-bond donors (Lipinski definition) is 2. The monoisotopic (exact) mass is 416 g/mol. The van der Waals surface area contributed by atoms with E-state index in [1.54, 1.807) is 20.2 Å². The highest BCUT2D eigenvalue weighted by atomic mass is 19.4. The normalized spacial score (nSPS) is 12.0. The third-order valence-corrected chi connectivity index (χ3v) is 3.98. The predicted octanol–water partition coefficient (Wildman–Crippen LogP) is 3.04. The van der Waals surface area contributed by atoms with Gasteiger partial charge in [-0.1, -0.05) is 25.5 Å². The molecule has 0 saturated carbocycles. The number of amides is 1. The molecule has 0 spiro atoms. The molecular weight excluding hydrogens is 385 g/mol. The molecule has 0 aliphatic carbocycles. The fourth-order valence-corrected chi connectivity index (χ4v) is 2.24. The first-order valence-corrected chi connectivity index (χ1v) is 9.70. The van der Waals surface area contributed by atoms with Gasteiger partial charge in [-0.3, -0.25) is 4.79 Å². The lowest BCUT2D eigenvalue weighted by Gasteiger charge is -2.15. The third kappa shape index (κ3) is 10.7.